The molecular formula is C20H17N5. The molecule has 0 fully saturated rings. The number of hydrogen-bond donors (Lipinski definition) is 0. The summed E-state index contributed by atoms with van der Waals surface area (Å²) < 4.78 is 3.88. The van der Waals surface area contributed by atoms with Gasteiger partial charge in [0, 0.05) is 18.7 Å². The van der Waals surface area contributed by atoms with Crippen molar-refractivity contribution in [3.8, 4) is 23.0 Å². The number of nitriles is 1. The number of hydrogen-bond acceptors (Lipinski definition) is 3. The highest BCUT2D eigenvalue weighted by molar-refractivity contribution is 5.82. The average molecular weight is 327 g/mol. The van der Waals surface area contributed by atoms with Crippen molar-refractivity contribution in [1.29, 1.82) is 5.26 Å². The topological polar surface area (TPSA) is 59.4 Å². The highest BCUT2D eigenvalue weighted by Crippen LogP contribution is 2.27. The molecule has 4 aromatic rings. The number of benzene rings is 2. The quantitative estimate of drug-likeness (QED) is 0.561. The van der Waals surface area contributed by atoms with Gasteiger partial charge in [0.25, 0.3) is 0 Å². The number of rotatable bonds is 2. The van der Waals surface area contributed by atoms with Gasteiger partial charge in [-0.05, 0) is 38.1 Å². The maximum Gasteiger partial charge on any atom is 0.163 e. The van der Waals surface area contributed by atoms with E-state index in [1.165, 1.54) is 5.56 Å². The van der Waals surface area contributed by atoms with E-state index in [1.807, 2.05) is 68.0 Å². The van der Waals surface area contributed by atoms with Crippen LogP contribution in [0.25, 0.3) is 28.0 Å². The van der Waals surface area contributed by atoms with Crippen molar-refractivity contribution in [3.63, 3.8) is 0 Å². The monoisotopic (exact) mass is 327 g/mol. The molecule has 2 aromatic heterocycles. The summed E-state index contributed by atoms with van der Waals surface area (Å²) >= 11 is 0. The summed E-state index contributed by atoms with van der Waals surface area (Å²) in [6, 6.07) is 18.2. The minimum Gasteiger partial charge on any atom is -0.331 e. The first-order valence-corrected chi connectivity index (χ1v) is 8.07. The SMILES string of the molecule is Cc1ccc(-n2nc(C#N)cc2-c2ccc3c(c2)nc(C)n3C)cc1. The second-order valence-corrected chi connectivity index (χ2v) is 6.20. The predicted molar refractivity (Wildman–Crippen MR) is 97.5 cm³/mol. The third-order valence-electron chi connectivity index (χ3n) is 4.50. The van der Waals surface area contributed by atoms with Crippen LogP contribution in [0.3, 0.4) is 0 Å². The van der Waals surface area contributed by atoms with Crippen LogP contribution in [-0.2, 0) is 7.05 Å². The van der Waals surface area contributed by atoms with Gasteiger partial charge in [-0.25, -0.2) is 9.67 Å². The lowest BCUT2D eigenvalue weighted by Gasteiger charge is -2.08. The summed E-state index contributed by atoms with van der Waals surface area (Å²) in [5, 5.41) is 13.7. The van der Waals surface area contributed by atoms with Crippen LogP contribution in [-0.4, -0.2) is 19.3 Å². The summed E-state index contributed by atoms with van der Waals surface area (Å²) in [6.45, 7) is 4.04. The normalized spacial score (nSPS) is 11.0. The van der Waals surface area contributed by atoms with Gasteiger partial charge in [-0.2, -0.15) is 10.4 Å². The Kier molecular flexibility index (Phi) is 3.40. The van der Waals surface area contributed by atoms with Crippen LogP contribution in [0.4, 0.5) is 0 Å². The van der Waals surface area contributed by atoms with Crippen LogP contribution in [0.5, 0.6) is 0 Å². The Morgan fingerprint density at radius 1 is 1.00 bits per heavy atom. The fourth-order valence-electron chi connectivity index (χ4n) is 3.00. The maximum absolute atomic E-state index is 9.28. The van der Waals surface area contributed by atoms with Crippen molar-refractivity contribution in [2.24, 2.45) is 7.05 Å². The fraction of sp³-hybridized carbons (Fsp3) is 0.150. The van der Waals surface area contributed by atoms with Gasteiger partial charge in [-0.15, -0.1) is 0 Å². The summed E-state index contributed by atoms with van der Waals surface area (Å²) in [7, 11) is 2.01. The molecule has 0 amide bonds. The Morgan fingerprint density at radius 2 is 1.76 bits per heavy atom. The zero-order valence-electron chi connectivity index (χ0n) is 14.4. The van der Waals surface area contributed by atoms with Crippen LogP contribution >= 0.6 is 0 Å². The van der Waals surface area contributed by atoms with E-state index in [2.05, 4.69) is 26.8 Å². The van der Waals surface area contributed by atoms with E-state index in [1.54, 1.807) is 0 Å². The molecule has 0 aliphatic heterocycles. The van der Waals surface area contributed by atoms with E-state index in [0.717, 1.165) is 33.8 Å². The summed E-state index contributed by atoms with van der Waals surface area (Å²) in [4.78, 5) is 4.61. The van der Waals surface area contributed by atoms with Crippen molar-refractivity contribution < 1.29 is 0 Å². The maximum atomic E-state index is 9.28. The lowest BCUT2D eigenvalue weighted by molar-refractivity contribution is 0.880. The van der Waals surface area contributed by atoms with E-state index in [4.69, 9.17) is 0 Å². The van der Waals surface area contributed by atoms with E-state index < -0.39 is 0 Å². The molecule has 0 aliphatic carbocycles. The van der Waals surface area contributed by atoms with Gasteiger partial charge in [-0.3, -0.25) is 0 Å². The van der Waals surface area contributed by atoms with Gasteiger partial charge in [0.2, 0.25) is 0 Å². The molecule has 25 heavy (non-hydrogen) atoms. The minimum atomic E-state index is 0.396. The zero-order chi connectivity index (χ0) is 17.6. The number of fused-ring (bicyclic) bond motifs is 1. The van der Waals surface area contributed by atoms with Gasteiger partial charge in [0.15, 0.2) is 5.69 Å². The molecule has 5 heteroatoms. The fourth-order valence-corrected chi connectivity index (χ4v) is 3.00. The van der Waals surface area contributed by atoms with E-state index in [9.17, 15) is 5.26 Å². The molecule has 0 N–H and O–H groups in total. The van der Waals surface area contributed by atoms with E-state index in [-0.39, 0.29) is 0 Å². The Morgan fingerprint density at radius 3 is 2.48 bits per heavy atom. The van der Waals surface area contributed by atoms with Gasteiger partial charge in [0.1, 0.15) is 11.9 Å². The first-order chi connectivity index (χ1) is 12.1. The second-order valence-electron chi connectivity index (χ2n) is 6.20. The Bertz CT molecular complexity index is 1120. The smallest absolute Gasteiger partial charge is 0.163 e. The van der Waals surface area contributed by atoms with Crippen LogP contribution in [0.1, 0.15) is 17.1 Å². The van der Waals surface area contributed by atoms with E-state index in [0.29, 0.717) is 5.69 Å². The molecule has 0 saturated carbocycles. The first kappa shape index (κ1) is 15.2. The molecule has 0 unspecified atom stereocenters. The highest BCUT2D eigenvalue weighted by atomic mass is 15.3. The zero-order valence-corrected chi connectivity index (χ0v) is 14.4. The van der Waals surface area contributed by atoms with Crippen molar-refractivity contribution >= 4 is 11.0 Å². The van der Waals surface area contributed by atoms with Crippen molar-refractivity contribution in [3.05, 3.63) is 65.6 Å². The summed E-state index contributed by atoms with van der Waals surface area (Å²) in [6.07, 6.45) is 0. The standard InChI is InChI=1S/C20H17N5/c1-13-4-7-17(8-5-13)25-20(11-16(12-21)23-25)15-6-9-19-18(10-15)22-14(2)24(19)3/h4-11H,1-3H3. The number of nitrogens with zero attached hydrogens (tertiary/aromatic N) is 5. The molecule has 4 rings (SSSR count). The molecule has 0 saturated heterocycles. The molecule has 2 heterocycles. The molecule has 2 aromatic carbocycles. The number of imidazole rings is 1. The van der Waals surface area contributed by atoms with Crippen molar-refractivity contribution in [2.45, 2.75) is 13.8 Å². The van der Waals surface area contributed by atoms with Gasteiger partial charge >= 0.3 is 0 Å². The van der Waals surface area contributed by atoms with Crippen molar-refractivity contribution in [1.82, 2.24) is 19.3 Å². The largest absolute Gasteiger partial charge is 0.331 e. The summed E-state index contributed by atoms with van der Waals surface area (Å²) in [5.74, 6) is 0.969. The van der Waals surface area contributed by atoms with E-state index >= 15 is 0 Å². The van der Waals surface area contributed by atoms with Gasteiger partial charge < -0.3 is 4.57 Å². The third-order valence-corrected chi connectivity index (χ3v) is 4.50. The molecular weight excluding hydrogens is 310 g/mol. The van der Waals surface area contributed by atoms with Crippen molar-refractivity contribution in [2.75, 3.05) is 0 Å². The Balaban J connectivity index is 1.91. The Hall–Kier alpha value is -3.39. The third kappa shape index (κ3) is 2.48. The minimum absolute atomic E-state index is 0.396. The van der Waals surface area contributed by atoms with Crippen LogP contribution < -0.4 is 0 Å². The van der Waals surface area contributed by atoms with Crippen LogP contribution in [0.15, 0.2) is 48.5 Å². The lowest BCUT2D eigenvalue weighted by atomic mass is 10.1. The molecule has 0 spiro atoms. The number of aryl methyl sites for hydroxylation is 3. The molecule has 0 radical (unpaired) electrons. The lowest BCUT2D eigenvalue weighted by Crippen LogP contribution is -1.99. The molecule has 0 aliphatic rings. The summed E-state index contributed by atoms with van der Waals surface area (Å²) in [5.41, 5.74) is 6.40. The van der Waals surface area contributed by atoms with Crippen LogP contribution in [0, 0.1) is 25.2 Å². The van der Waals surface area contributed by atoms with Crippen LogP contribution in [0.2, 0.25) is 0 Å². The van der Waals surface area contributed by atoms with Gasteiger partial charge in [-0.1, -0.05) is 23.8 Å². The van der Waals surface area contributed by atoms with Gasteiger partial charge in [0.05, 0.1) is 22.4 Å². The molecule has 5 nitrogen and oxygen atoms in total. The molecule has 0 bridgehead atoms. The molecule has 0 atom stereocenters. The first-order valence-electron chi connectivity index (χ1n) is 8.07. The highest BCUT2D eigenvalue weighted by Gasteiger charge is 2.13. The predicted octanol–water partition coefficient (Wildman–Crippen LogP) is 3.91. The molecule has 122 valence electrons. The number of aromatic nitrogens is 4. The average Bonchev–Trinajstić information content (AvgIpc) is 3.17. The second kappa shape index (κ2) is 5.60. The Labute approximate surface area is 145 Å².